The molecule has 1 saturated heterocycles. The molecule has 0 spiro atoms. The number of rotatable bonds is 6. The number of nitrogens with zero attached hydrogens (tertiary/aromatic N) is 1. The molecule has 4 heteroatoms. The molecule has 1 aliphatic heterocycles. The van der Waals surface area contributed by atoms with E-state index in [1.54, 1.807) is 0 Å². The van der Waals surface area contributed by atoms with Crippen LogP contribution in [-0.4, -0.2) is 42.3 Å². The first-order valence-corrected chi connectivity index (χ1v) is 7.39. The zero-order valence-electron chi connectivity index (χ0n) is 10.6. The fraction of sp³-hybridized carbons (Fsp3) is 0.571. The van der Waals surface area contributed by atoms with Gasteiger partial charge in [0.05, 0.1) is 6.10 Å². The van der Waals surface area contributed by atoms with Crippen molar-refractivity contribution in [2.24, 2.45) is 0 Å². The average Bonchev–Trinajstić information content (AvgIpc) is 2.84. The molecule has 1 aromatic carbocycles. The highest BCUT2D eigenvalue weighted by atomic mass is 79.9. The van der Waals surface area contributed by atoms with E-state index < -0.39 is 0 Å². The Morgan fingerprint density at radius 2 is 2.00 bits per heavy atom. The van der Waals surface area contributed by atoms with Crippen LogP contribution >= 0.6 is 15.9 Å². The Labute approximate surface area is 117 Å². The SMILES string of the molecule is OC(CNCc1ccccc1Br)CN1CCCC1. The minimum atomic E-state index is -0.273. The van der Waals surface area contributed by atoms with E-state index in [0.29, 0.717) is 6.54 Å². The summed E-state index contributed by atoms with van der Waals surface area (Å²) in [6.07, 6.45) is 2.28. The number of likely N-dealkylation sites (tertiary alicyclic amines) is 1. The molecule has 1 atom stereocenters. The summed E-state index contributed by atoms with van der Waals surface area (Å²) in [6.45, 7) is 4.52. The summed E-state index contributed by atoms with van der Waals surface area (Å²) in [6, 6.07) is 8.17. The van der Waals surface area contributed by atoms with Gasteiger partial charge in [0.25, 0.3) is 0 Å². The Morgan fingerprint density at radius 3 is 2.72 bits per heavy atom. The van der Waals surface area contributed by atoms with Crippen molar-refractivity contribution in [2.75, 3.05) is 26.2 Å². The van der Waals surface area contributed by atoms with Gasteiger partial charge in [-0.25, -0.2) is 0 Å². The smallest absolute Gasteiger partial charge is 0.0791 e. The zero-order chi connectivity index (χ0) is 12.8. The number of nitrogens with one attached hydrogen (secondary N) is 1. The second-order valence-electron chi connectivity index (χ2n) is 4.88. The number of aliphatic hydroxyl groups is 1. The van der Waals surface area contributed by atoms with Crippen molar-refractivity contribution >= 4 is 15.9 Å². The lowest BCUT2D eigenvalue weighted by molar-refractivity contribution is 0.123. The third-order valence-corrected chi connectivity index (χ3v) is 4.09. The molecular weight excluding hydrogens is 292 g/mol. The van der Waals surface area contributed by atoms with E-state index in [0.717, 1.165) is 30.7 Å². The highest BCUT2D eigenvalue weighted by Crippen LogP contribution is 2.15. The number of hydrogen-bond donors (Lipinski definition) is 2. The van der Waals surface area contributed by atoms with E-state index in [4.69, 9.17) is 0 Å². The number of hydrogen-bond acceptors (Lipinski definition) is 3. The van der Waals surface area contributed by atoms with Gasteiger partial charge >= 0.3 is 0 Å². The molecule has 0 aliphatic carbocycles. The van der Waals surface area contributed by atoms with Crippen LogP contribution in [0.4, 0.5) is 0 Å². The molecule has 0 bridgehead atoms. The van der Waals surface area contributed by atoms with Crippen molar-refractivity contribution in [3.05, 3.63) is 34.3 Å². The van der Waals surface area contributed by atoms with Gasteiger partial charge in [-0.15, -0.1) is 0 Å². The number of benzene rings is 1. The van der Waals surface area contributed by atoms with Gasteiger partial charge < -0.3 is 15.3 Å². The second kappa shape index (κ2) is 7.24. The molecule has 2 rings (SSSR count). The summed E-state index contributed by atoms with van der Waals surface area (Å²) in [4.78, 5) is 2.34. The molecule has 3 nitrogen and oxygen atoms in total. The lowest BCUT2D eigenvalue weighted by Gasteiger charge is -2.19. The van der Waals surface area contributed by atoms with Crippen molar-refractivity contribution in [3.63, 3.8) is 0 Å². The Kier molecular flexibility index (Phi) is 5.63. The van der Waals surface area contributed by atoms with Gasteiger partial charge in [0.15, 0.2) is 0 Å². The summed E-state index contributed by atoms with van der Waals surface area (Å²) in [5.74, 6) is 0. The molecule has 0 radical (unpaired) electrons. The third-order valence-electron chi connectivity index (χ3n) is 3.32. The van der Waals surface area contributed by atoms with E-state index in [-0.39, 0.29) is 6.10 Å². The molecule has 18 heavy (non-hydrogen) atoms. The quantitative estimate of drug-likeness (QED) is 0.843. The fourth-order valence-corrected chi connectivity index (χ4v) is 2.77. The van der Waals surface area contributed by atoms with Crippen LogP contribution in [0.5, 0.6) is 0 Å². The predicted molar refractivity (Wildman–Crippen MR) is 77.5 cm³/mol. The molecular formula is C14H21BrN2O. The molecule has 1 aromatic rings. The van der Waals surface area contributed by atoms with Crippen LogP contribution in [0.25, 0.3) is 0 Å². The Morgan fingerprint density at radius 1 is 1.28 bits per heavy atom. The highest BCUT2D eigenvalue weighted by Gasteiger charge is 2.15. The van der Waals surface area contributed by atoms with Crippen LogP contribution in [0.2, 0.25) is 0 Å². The van der Waals surface area contributed by atoms with Crippen molar-refractivity contribution < 1.29 is 5.11 Å². The van der Waals surface area contributed by atoms with E-state index in [1.807, 2.05) is 18.2 Å². The minimum Gasteiger partial charge on any atom is -0.390 e. The van der Waals surface area contributed by atoms with Gasteiger partial charge in [0, 0.05) is 24.1 Å². The topological polar surface area (TPSA) is 35.5 Å². The lowest BCUT2D eigenvalue weighted by atomic mass is 10.2. The van der Waals surface area contributed by atoms with E-state index >= 15 is 0 Å². The van der Waals surface area contributed by atoms with Crippen LogP contribution in [0.15, 0.2) is 28.7 Å². The van der Waals surface area contributed by atoms with Gasteiger partial charge in [0.2, 0.25) is 0 Å². The van der Waals surface area contributed by atoms with Crippen molar-refractivity contribution in [1.29, 1.82) is 0 Å². The summed E-state index contributed by atoms with van der Waals surface area (Å²) >= 11 is 3.52. The maximum absolute atomic E-state index is 9.94. The van der Waals surface area contributed by atoms with Crippen LogP contribution < -0.4 is 5.32 Å². The maximum atomic E-state index is 9.94. The third kappa shape index (κ3) is 4.35. The molecule has 0 amide bonds. The Balaban J connectivity index is 1.67. The normalized spacial score (nSPS) is 18.1. The van der Waals surface area contributed by atoms with Gasteiger partial charge in [0.1, 0.15) is 0 Å². The zero-order valence-corrected chi connectivity index (χ0v) is 12.2. The standard InChI is InChI=1S/C14H21BrN2O/c15-14-6-2-1-5-12(14)9-16-10-13(18)11-17-7-3-4-8-17/h1-2,5-6,13,16,18H,3-4,7-11H2. The lowest BCUT2D eigenvalue weighted by Crippen LogP contribution is -2.36. The van der Waals surface area contributed by atoms with Gasteiger partial charge in [-0.1, -0.05) is 34.1 Å². The summed E-state index contributed by atoms with van der Waals surface area (Å²) < 4.78 is 1.12. The van der Waals surface area contributed by atoms with Crippen molar-refractivity contribution in [2.45, 2.75) is 25.5 Å². The van der Waals surface area contributed by atoms with E-state index in [9.17, 15) is 5.11 Å². The van der Waals surface area contributed by atoms with Crippen LogP contribution in [0.1, 0.15) is 18.4 Å². The monoisotopic (exact) mass is 312 g/mol. The summed E-state index contributed by atoms with van der Waals surface area (Å²) in [5, 5.41) is 13.3. The number of halogens is 1. The molecule has 0 aromatic heterocycles. The van der Waals surface area contributed by atoms with Crippen LogP contribution in [-0.2, 0) is 6.54 Å². The summed E-state index contributed by atoms with van der Waals surface area (Å²) in [7, 11) is 0. The predicted octanol–water partition coefficient (Wildman–Crippen LogP) is 2.00. The van der Waals surface area contributed by atoms with Gasteiger partial charge in [-0.2, -0.15) is 0 Å². The van der Waals surface area contributed by atoms with Crippen molar-refractivity contribution in [1.82, 2.24) is 10.2 Å². The minimum absolute atomic E-state index is 0.273. The average molecular weight is 313 g/mol. The Bertz CT molecular complexity index is 367. The van der Waals surface area contributed by atoms with Gasteiger partial charge in [-0.05, 0) is 37.6 Å². The fourth-order valence-electron chi connectivity index (χ4n) is 2.34. The first-order valence-electron chi connectivity index (χ1n) is 6.60. The molecule has 100 valence electrons. The van der Waals surface area contributed by atoms with E-state index in [2.05, 4.69) is 32.2 Å². The molecule has 1 fully saturated rings. The largest absolute Gasteiger partial charge is 0.390 e. The van der Waals surface area contributed by atoms with Crippen LogP contribution in [0.3, 0.4) is 0 Å². The summed E-state index contributed by atoms with van der Waals surface area (Å²) in [5.41, 5.74) is 1.23. The van der Waals surface area contributed by atoms with E-state index in [1.165, 1.54) is 18.4 Å². The maximum Gasteiger partial charge on any atom is 0.0791 e. The Hall–Kier alpha value is -0.420. The molecule has 2 N–H and O–H groups in total. The van der Waals surface area contributed by atoms with Gasteiger partial charge in [-0.3, -0.25) is 0 Å². The second-order valence-corrected chi connectivity index (χ2v) is 5.74. The molecule has 1 heterocycles. The highest BCUT2D eigenvalue weighted by molar-refractivity contribution is 9.10. The first kappa shape index (κ1) is 14.0. The number of β-amino-alcohol motifs (C(OH)–C–C–N with tert-alkyl or cyclic N) is 1. The van der Waals surface area contributed by atoms with Crippen molar-refractivity contribution in [3.8, 4) is 0 Å². The number of aliphatic hydroxyl groups excluding tert-OH is 1. The molecule has 0 saturated carbocycles. The molecule has 1 unspecified atom stereocenters. The first-order chi connectivity index (χ1) is 8.75. The molecule has 1 aliphatic rings. The van der Waals surface area contributed by atoms with Crippen LogP contribution in [0, 0.1) is 0 Å².